The highest BCUT2D eigenvalue weighted by Gasteiger charge is 2.19. The van der Waals surface area contributed by atoms with E-state index in [1.165, 1.54) is 0 Å². The minimum atomic E-state index is -1.16. The van der Waals surface area contributed by atoms with E-state index in [1.807, 2.05) is 0 Å². The predicted octanol–water partition coefficient (Wildman–Crippen LogP) is 1.17. The van der Waals surface area contributed by atoms with Crippen LogP contribution in [0.1, 0.15) is 31.1 Å². The number of hydrogen-bond donors (Lipinski definition) is 2. The third-order valence-electron chi connectivity index (χ3n) is 2.15. The van der Waals surface area contributed by atoms with Crippen molar-refractivity contribution >= 4 is 23.7 Å². The summed E-state index contributed by atoms with van der Waals surface area (Å²) in [4.78, 5) is 30.3. The molecule has 0 bridgehead atoms. The molecule has 0 aliphatic carbocycles. The van der Waals surface area contributed by atoms with Crippen molar-refractivity contribution in [3.63, 3.8) is 0 Å². The summed E-state index contributed by atoms with van der Waals surface area (Å²) in [7, 11) is 0. The van der Waals surface area contributed by atoms with Crippen molar-refractivity contribution in [1.82, 2.24) is 19.6 Å². The van der Waals surface area contributed by atoms with Crippen molar-refractivity contribution in [1.29, 1.82) is 0 Å². The van der Waals surface area contributed by atoms with Gasteiger partial charge in [-0.1, -0.05) is 0 Å². The number of aromatic carboxylic acids is 1. The fraction of sp³-hybridized carbons (Fsp3) is 0.364. The molecule has 9 heteroatoms. The smallest absolute Gasteiger partial charge is 0.414 e. The van der Waals surface area contributed by atoms with E-state index in [2.05, 4.69) is 20.4 Å². The molecule has 0 saturated carbocycles. The Balaban J connectivity index is 2.32. The van der Waals surface area contributed by atoms with Crippen molar-refractivity contribution in [2.45, 2.75) is 26.4 Å². The molecule has 1 amide bonds. The minimum Gasteiger partial charge on any atom is -0.477 e. The number of nitrogens with zero attached hydrogens (tertiary/aromatic N) is 4. The zero-order valence-corrected chi connectivity index (χ0v) is 11.1. The summed E-state index contributed by atoms with van der Waals surface area (Å²) in [6, 6.07) is 0. The number of hydrogen-bond acceptors (Lipinski definition) is 6. The summed E-state index contributed by atoms with van der Waals surface area (Å²) in [5.41, 5.74) is -0.662. The van der Waals surface area contributed by atoms with Gasteiger partial charge in [0.15, 0.2) is 5.65 Å². The van der Waals surface area contributed by atoms with Crippen LogP contribution in [0.5, 0.6) is 0 Å². The SMILES string of the molecule is CC(C)(C)OC(=O)Nc1ncnc2c(C(=O)O)cnn12. The van der Waals surface area contributed by atoms with E-state index in [0.717, 1.165) is 17.0 Å². The lowest BCUT2D eigenvalue weighted by molar-refractivity contribution is 0.0632. The maximum Gasteiger partial charge on any atom is 0.414 e. The van der Waals surface area contributed by atoms with Gasteiger partial charge in [0, 0.05) is 0 Å². The highest BCUT2D eigenvalue weighted by Crippen LogP contribution is 2.13. The third kappa shape index (κ3) is 2.82. The van der Waals surface area contributed by atoms with Crippen molar-refractivity contribution in [2.24, 2.45) is 0 Å². The number of fused-ring (bicyclic) bond motifs is 1. The minimum absolute atomic E-state index is 0.0248. The lowest BCUT2D eigenvalue weighted by Gasteiger charge is -2.19. The Kier molecular flexibility index (Phi) is 3.26. The van der Waals surface area contributed by atoms with Gasteiger partial charge in [-0.05, 0) is 20.8 Å². The Morgan fingerprint density at radius 2 is 2.05 bits per heavy atom. The Morgan fingerprint density at radius 3 is 2.65 bits per heavy atom. The van der Waals surface area contributed by atoms with Crippen LogP contribution < -0.4 is 5.32 Å². The lowest BCUT2D eigenvalue weighted by Crippen LogP contribution is -2.28. The van der Waals surface area contributed by atoms with E-state index in [-0.39, 0.29) is 17.2 Å². The Morgan fingerprint density at radius 1 is 1.35 bits per heavy atom. The van der Waals surface area contributed by atoms with Crippen molar-refractivity contribution in [2.75, 3.05) is 5.32 Å². The van der Waals surface area contributed by atoms with Crippen LogP contribution in [0.4, 0.5) is 10.7 Å². The normalized spacial score (nSPS) is 11.3. The molecule has 0 aromatic carbocycles. The molecule has 2 heterocycles. The Labute approximate surface area is 113 Å². The summed E-state index contributed by atoms with van der Waals surface area (Å²) in [6.07, 6.45) is 1.55. The fourth-order valence-electron chi connectivity index (χ4n) is 1.45. The molecule has 0 unspecified atom stereocenters. The van der Waals surface area contributed by atoms with Crippen molar-refractivity contribution in [3.8, 4) is 0 Å². The molecular weight excluding hydrogens is 266 g/mol. The first kappa shape index (κ1) is 13.7. The number of carbonyl (C=O) groups is 2. The summed E-state index contributed by atoms with van der Waals surface area (Å²) < 4.78 is 6.20. The van der Waals surface area contributed by atoms with E-state index >= 15 is 0 Å². The first-order valence-electron chi connectivity index (χ1n) is 5.70. The second-order valence-electron chi connectivity index (χ2n) is 4.92. The summed E-state index contributed by atoms with van der Waals surface area (Å²) in [5.74, 6) is -1.14. The van der Waals surface area contributed by atoms with E-state index < -0.39 is 17.7 Å². The van der Waals surface area contributed by atoms with Crippen LogP contribution in [0, 0.1) is 0 Å². The average Bonchev–Trinajstić information content (AvgIpc) is 2.71. The highest BCUT2D eigenvalue weighted by molar-refractivity contribution is 5.94. The molecule has 0 spiro atoms. The van der Waals surface area contributed by atoms with Crippen molar-refractivity contribution in [3.05, 3.63) is 18.1 Å². The molecule has 0 aliphatic rings. The van der Waals surface area contributed by atoms with Gasteiger partial charge in [-0.2, -0.15) is 9.61 Å². The van der Waals surface area contributed by atoms with Crippen LogP contribution in [0.3, 0.4) is 0 Å². The monoisotopic (exact) mass is 279 g/mol. The van der Waals surface area contributed by atoms with Gasteiger partial charge in [0.05, 0.1) is 6.20 Å². The number of carboxylic acid groups (broad SMARTS) is 1. The van der Waals surface area contributed by atoms with Gasteiger partial charge in [0.25, 0.3) is 0 Å². The highest BCUT2D eigenvalue weighted by atomic mass is 16.6. The third-order valence-corrected chi connectivity index (χ3v) is 2.15. The molecule has 0 fully saturated rings. The number of aromatic nitrogens is 4. The van der Waals surface area contributed by atoms with Crippen LogP contribution in [0.15, 0.2) is 12.5 Å². The number of carboxylic acids is 1. The van der Waals surface area contributed by atoms with Crippen LogP contribution in [-0.2, 0) is 4.74 Å². The number of nitrogens with one attached hydrogen (secondary N) is 1. The van der Waals surface area contributed by atoms with E-state index in [1.54, 1.807) is 20.8 Å². The first-order chi connectivity index (χ1) is 9.28. The second-order valence-corrected chi connectivity index (χ2v) is 4.92. The molecule has 0 saturated heterocycles. The largest absolute Gasteiger partial charge is 0.477 e. The molecule has 106 valence electrons. The maximum absolute atomic E-state index is 11.7. The first-order valence-corrected chi connectivity index (χ1v) is 5.70. The van der Waals surface area contributed by atoms with Gasteiger partial charge >= 0.3 is 12.1 Å². The quantitative estimate of drug-likeness (QED) is 0.846. The summed E-state index contributed by atoms with van der Waals surface area (Å²) >= 11 is 0. The number of amides is 1. The second kappa shape index (κ2) is 4.76. The number of anilines is 1. The fourth-order valence-corrected chi connectivity index (χ4v) is 1.45. The maximum atomic E-state index is 11.7. The molecule has 9 nitrogen and oxygen atoms in total. The predicted molar refractivity (Wildman–Crippen MR) is 67.6 cm³/mol. The van der Waals surface area contributed by atoms with Crippen LogP contribution in [0.25, 0.3) is 5.65 Å². The lowest BCUT2D eigenvalue weighted by atomic mass is 10.2. The van der Waals surface area contributed by atoms with E-state index in [4.69, 9.17) is 9.84 Å². The topological polar surface area (TPSA) is 119 Å². The van der Waals surface area contributed by atoms with Crippen LogP contribution >= 0.6 is 0 Å². The molecule has 0 atom stereocenters. The summed E-state index contributed by atoms with van der Waals surface area (Å²) in [6.45, 7) is 5.16. The number of ether oxygens (including phenoxy) is 1. The van der Waals surface area contributed by atoms with Gasteiger partial charge in [-0.3, -0.25) is 5.32 Å². The molecule has 2 aromatic heterocycles. The number of carbonyl (C=O) groups excluding carboxylic acids is 1. The number of rotatable bonds is 2. The molecule has 2 rings (SSSR count). The summed E-state index contributed by atoms with van der Waals surface area (Å²) in [5, 5.41) is 15.2. The standard InChI is InChI=1S/C11H13N5O4/c1-11(2,3)20-10(19)15-9-13-5-12-7-6(8(17)18)4-14-16(7)9/h4-5H,1-3H3,(H,17,18)(H,12,13,15,19). The molecule has 2 aromatic rings. The van der Waals surface area contributed by atoms with Gasteiger partial charge in [0.1, 0.15) is 17.5 Å². The molecule has 0 radical (unpaired) electrons. The van der Waals surface area contributed by atoms with Crippen molar-refractivity contribution < 1.29 is 19.4 Å². The molecular formula is C11H13N5O4. The zero-order chi connectivity index (χ0) is 14.9. The van der Waals surface area contributed by atoms with Gasteiger partial charge in [-0.25, -0.2) is 19.6 Å². The van der Waals surface area contributed by atoms with Gasteiger partial charge < -0.3 is 9.84 Å². The van der Waals surface area contributed by atoms with Crippen LogP contribution in [-0.4, -0.2) is 42.4 Å². The Bertz CT molecular complexity index is 673. The van der Waals surface area contributed by atoms with Gasteiger partial charge in [0.2, 0.25) is 5.95 Å². The van der Waals surface area contributed by atoms with Crippen LogP contribution in [0.2, 0.25) is 0 Å². The van der Waals surface area contributed by atoms with E-state index in [9.17, 15) is 9.59 Å². The van der Waals surface area contributed by atoms with Gasteiger partial charge in [-0.15, -0.1) is 0 Å². The molecule has 20 heavy (non-hydrogen) atoms. The zero-order valence-electron chi connectivity index (χ0n) is 11.1. The molecule has 0 aliphatic heterocycles. The van der Waals surface area contributed by atoms with E-state index in [0.29, 0.717) is 0 Å². The Hall–Kier alpha value is -2.71. The molecule has 2 N–H and O–H groups in total. The average molecular weight is 279 g/mol.